The molecule has 0 aliphatic heterocycles. The third-order valence-corrected chi connectivity index (χ3v) is 3.24. The molecule has 1 amide bonds. The minimum Gasteiger partial charge on any atom is -0.436 e. The number of carbonyl (C=O) groups is 1. The summed E-state index contributed by atoms with van der Waals surface area (Å²) in [4.78, 5) is 15.1. The van der Waals surface area contributed by atoms with Crippen molar-refractivity contribution < 1.29 is 9.21 Å². The molecule has 20 heavy (non-hydrogen) atoms. The van der Waals surface area contributed by atoms with Gasteiger partial charge in [0.1, 0.15) is 5.52 Å². The number of aromatic nitrogens is 1. The van der Waals surface area contributed by atoms with Gasteiger partial charge in [0.05, 0.1) is 0 Å². The largest absolute Gasteiger partial charge is 0.436 e. The number of anilines is 1. The zero-order valence-electron chi connectivity index (χ0n) is 11.3. The van der Waals surface area contributed by atoms with E-state index in [9.17, 15) is 4.79 Å². The van der Waals surface area contributed by atoms with Crippen LogP contribution in [0, 0.1) is 13.8 Å². The summed E-state index contributed by atoms with van der Waals surface area (Å²) >= 11 is 0. The van der Waals surface area contributed by atoms with Crippen molar-refractivity contribution in [1.29, 1.82) is 0 Å². The molecule has 0 radical (unpaired) electrons. The molecule has 2 aromatic carbocycles. The Morgan fingerprint density at radius 3 is 2.80 bits per heavy atom. The van der Waals surface area contributed by atoms with Crippen LogP contribution in [0.5, 0.6) is 0 Å². The summed E-state index contributed by atoms with van der Waals surface area (Å²) in [5, 5.41) is 2.68. The number of aryl methyl sites for hydroxylation is 2. The van der Waals surface area contributed by atoms with Crippen molar-refractivity contribution in [1.82, 2.24) is 4.98 Å². The van der Waals surface area contributed by atoms with Gasteiger partial charge in [-0.2, -0.15) is 0 Å². The molecule has 1 N–H and O–H groups in total. The number of carbonyl (C=O) groups excluding carboxylic acids is 1. The fraction of sp³-hybridized carbons (Fsp3) is 0.125. The Balaban J connectivity index is 2.10. The van der Waals surface area contributed by atoms with Crippen LogP contribution in [0.3, 0.4) is 0 Å². The Labute approximate surface area is 116 Å². The number of rotatable bonds is 3. The van der Waals surface area contributed by atoms with Gasteiger partial charge in [-0.1, -0.05) is 12.1 Å². The van der Waals surface area contributed by atoms with Gasteiger partial charge in [-0.25, -0.2) is 4.98 Å². The zero-order chi connectivity index (χ0) is 14.1. The van der Waals surface area contributed by atoms with Gasteiger partial charge in [-0.15, -0.1) is 0 Å². The molecule has 3 aromatic rings. The van der Waals surface area contributed by atoms with Gasteiger partial charge >= 0.3 is 0 Å². The molecule has 0 saturated carbocycles. The summed E-state index contributed by atoms with van der Waals surface area (Å²) in [6.07, 6.45) is 0.668. The SMILES string of the molecule is Cc1ccc2oc(-c3ccc(C)c(NC=O)c3)nc2c1. The molecule has 0 fully saturated rings. The van der Waals surface area contributed by atoms with Crippen molar-refractivity contribution in [2.24, 2.45) is 0 Å². The molecular weight excluding hydrogens is 252 g/mol. The average molecular weight is 266 g/mol. The zero-order valence-corrected chi connectivity index (χ0v) is 11.3. The molecular formula is C16H14N2O2. The molecule has 4 heteroatoms. The number of oxazole rings is 1. The van der Waals surface area contributed by atoms with Crippen LogP contribution in [0.2, 0.25) is 0 Å². The van der Waals surface area contributed by atoms with Crippen molar-refractivity contribution in [3.05, 3.63) is 47.5 Å². The first kappa shape index (κ1) is 12.4. The molecule has 4 nitrogen and oxygen atoms in total. The van der Waals surface area contributed by atoms with Gasteiger partial charge in [0.25, 0.3) is 0 Å². The summed E-state index contributed by atoms with van der Waals surface area (Å²) < 4.78 is 5.75. The molecule has 0 unspecified atom stereocenters. The molecule has 0 spiro atoms. The maximum atomic E-state index is 10.6. The lowest BCUT2D eigenvalue weighted by Gasteiger charge is -2.05. The van der Waals surface area contributed by atoms with Crippen LogP contribution in [0.15, 0.2) is 40.8 Å². The highest BCUT2D eigenvalue weighted by Crippen LogP contribution is 2.28. The Morgan fingerprint density at radius 1 is 1.15 bits per heavy atom. The van der Waals surface area contributed by atoms with Crippen molar-refractivity contribution in [3.8, 4) is 11.5 Å². The molecule has 0 bridgehead atoms. The van der Waals surface area contributed by atoms with Crippen LogP contribution in [0.25, 0.3) is 22.6 Å². The van der Waals surface area contributed by atoms with E-state index < -0.39 is 0 Å². The fourth-order valence-corrected chi connectivity index (χ4v) is 2.13. The van der Waals surface area contributed by atoms with E-state index in [0.29, 0.717) is 12.3 Å². The van der Waals surface area contributed by atoms with Crippen molar-refractivity contribution in [2.75, 3.05) is 5.32 Å². The predicted octanol–water partition coefficient (Wildman–Crippen LogP) is 3.68. The van der Waals surface area contributed by atoms with E-state index in [2.05, 4.69) is 10.3 Å². The fourth-order valence-electron chi connectivity index (χ4n) is 2.13. The predicted molar refractivity (Wildman–Crippen MR) is 78.6 cm³/mol. The van der Waals surface area contributed by atoms with Gasteiger partial charge in [0.15, 0.2) is 5.58 Å². The normalized spacial score (nSPS) is 10.7. The van der Waals surface area contributed by atoms with Crippen LogP contribution in [0.1, 0.15) is 11.1 Å². The van der Waals surface area contributed by atoms with Crippen LogP contribution < -0.4 is 5.32 Å². The lowest BCUT2D eigenvalue weighted by Crippen LogP contribution is -1.96. The molecule has 0 atom stereocenters. The number of benzene rings is 2. The summed E-state index contributed by atoms with van der Waals surface area (Å²) in [5.74, 6) is 0.555. The summed E-state index contributed by atoms with van der Waals surface area (Å²) in [7, 11) is 0. The van der Waals surface area contributed by atoms with Crippen LogP contribution >= 0.6 is 0 Å². The summed E-state index contributed by atoms with van der Waals surface area (Å²) in [6, 6.07) is 11.6. The summed E-state index contributed by atoms with van der Waals surface area (Å²) in [6.45, 7) is 3.96. The number of nitrogens with one attached hydrogen (secondary N) is 1. The number of fused-ring (bicyclic) bond motifs is 1. The Kier molecular flexibility index (Phi) is 2.99. The van der Waals surface area contributed by atoms with E-state index in [4.69, 9.17) is 4.42 Å². The average Bonchev–Trinajstić information content (AvgIpc) is 2.84. The third kappa shape index (κ3) is 2.16. The molecule has 0 aliphatic rings. The minimum atomic E-state index is 0.555. The summed E-state index contributed by atoms with van der Waals surface area (Å²) in [5.41, 5.74) is 5.34. The molecule has 100 valence electrons. The van der Waals surface area contributed by atoms with Crippen LogP contribution in [0.4, 0.5) is 5.69 Å². The Bertz CT molecular complexity index is 790. The van der Waals surface area contributed by atoms with E-state index in [1.807, 2.05) is 50.2 Å². The van der Waals surface area contributed by atoms with Gasteiger partial charge in [-0.3, -0.25) is 4.79 Å². The van der Waals surface area contributed by atoms with Crippen molar-refractivity contribution >= 4 is 23.2 Å². The highest BCUT2D eigenvalue weighted by Gasteiger charge is 2.09. The molecule has 1 aromatic heterocycles. The maximum absolute atomic E-state index is 10.6. The lowest BCUT2D eigenvalue weighted by atomic mass is 10.1. The Hall–Kier alpha value is -2.62. The van der Waals surface area contributed by atoms with E-state index in [1.165, 1.54) is 0 Å². The van der Waals surface area contributed by atoms with Gasteiger partial charge in [0.2, 0.25) is 12.3 Å². The van der Waals surface area contributed by atoms with Gasteiger partial charge in [0, 0.05) is 11.3 Å². The minimum absolute atomic E-state index is 0.555. The van der Waals surface area contributed by atoms with Crippen molar-refractivity contribution in [2.45, 2.75) is 13.8 Å². The number of nitrogens with zero attached hydrogens (tertiary/aromatic N) is 1. The number of hydrogen-bond acceptors (Lipinski definition) is 3. The monoisotopic (exact) mass is 266 g/mol. The second kappa shape index (κ2) is 4.81. The lowest BCUT2D eigenvalue weighted by molar-refractivity contribution is -0.105. The first-order valence-electron chi connectivity index (χ1n) is 6.36. The first-order valence-corrected chi connectivity index (χ1v) is 6.36. The quantitative estimate of drug-likeness (QED) is 0.736. The van der Waals surface area contributed by atoms with Crippen molar-refractivity contribution in [3.63, 3.8) is 0 Å². The molecule has 1 heterocycles. The number of amides is 1. The van der Waals surface area contributed by atoms with E-state index in [1.54, 1.807) is 0 Å². The highest BCUT2D eigenvalue weighted by molar-refractivity contribution is 5.80. The van der Waals surface area contributed by atoms with Crippen LogP contribution in [-0.4, -0.2) is 11.4 Å². The van der Waals surface area contributed by atoms with Gasteiger partial charge < -0.3 is 9.73 Å². The molecule has 0 aliphatic carbocycles. The smallest absolute Gasteiger partial charge is 0.227 e. The Morgan fingerprint density at radius 2 is 2.00 bits per heavy atom. The van der Waals surface area contributed by atoms with E-state index in [-0.39, 0.29) is 0 Å². The first-order chi connectivity index (χ1) is 9.67. The topological polar surface area (TPSA) is 55.1 Å². The standard InChI is InChI=1S/C16H14N2O2/c1-10-3-6-15-14(7-10)18-16(20-15)12-5-4-11(2)13(8-12)17-9-19/h3-9H,1-2H3,(H,17,19). The maximum Gasteiger partial charge on any atom is 0.227 e. The highest BCUT2D eigenvalue weighted by atomic mass is 16.3. The van der Waals surface area contributed by atoms with Gasteiger partial charge in [-0.05, 0) is 49.2 Å². The third-order valence-electron chi connectivity index (χ3n) is 3.24. The molecule has 3 rings (SSSR count). The van der Waals surface area contributed by atoms with E-state index >= 15 is 0 Å². The second-order valence-electron chi connectivity index (χ2n) is 4.78. The van der Waals surface area contributed by atoms with Crippen LogP contribution in [-0.2, 0) is 4.79 Å². The van der Waals surface area contributed by atoms with E-state index in [0.717, 1.165) is 33.5 Å². The second-order valence-corrected chi connectivity index (χ2v) is 4.78. The molecule has 0 saturated heterocycles. The number of hydrogen-bond donors (Lipinski definition) is 1.